The van der Waals surface area contributed by atoms with Crippen LogP contribution in [0.4, 0.5) is 4.79 Å². The van der Waals surface area contributed by atoms with Gasteiger partial charge in [0.1, 0.15) is 11.4 Å². The van der Waals surface area contributed by atoms with E-state index in [1.54, 1.807) is 27.9 Å². The number of hydrogen-bond acceptors (Lipinski definition) is 5. The molecule has 1 saturated heterocycles. The Labute approximate surface area is 113 Å². The molecule has 1 aliphatic rings. The second-order valence-corrected chi connectivity index (χ2v) is 5.61. The van der Waals surface area contributed by atoms with Crippen molar-refractivity contribution in [1.82, 2.24) is 4.90 Å². The zero-order chi connectivity index (χ0) is 14.6. The number of methoxy groups -OCH3 is 1. The summed E-state index contributed by atoms with van der Waals surface area (Å²) in [6.45, 7) is 5.69. The first-order valence-corrected chi connectivity index (χ1v) is 6.29. The number of hydrogen-bond donors (Lipinski definition) is 0. The molecule has 0 aromatic carbocycles. The molecule has 1 fully saturated rings. The lowest BCUT2D eigenvalue weighted by molar-refractivity contribution is -0.142. The molecule has 0 aromatic heterocycles. The lowest BCUT2D eigenvalue weighted by Crippen LogP contribution is -2.49. The Morgan fingerprint density at radius 1 is 1.37 bits per heavy atom. The van der Waals surface area contributed by atoms with Gasteiger partial charge in [-0.1, -0.05) is 0 Å². The Morgan fingerprint density at radius 2 is 2.00 bits per heavy atom. The van der Waals surface area contributed by atoms with Crippen LogP contribution in [0.25, 0.3) is 0 Å². The maximum absolute atomic E-state index is 11.9. The van der Waals surface area contributed by atoms with Crippen molar-refractivity contribution in [3.05, 3.63) is 0 Å². The fourth-order valence-electron chi connectivity index (χ4n) is 1.82. The molecule has 0 spiro atoms. The zero-order valence-corrected chi connectivity index (χ0v) is 11.9. The summed E-state index contributed by atoms with van der Waals surface area (Å²) in [5, 5.41) is 0. The summed E-state index contributed by atoms with van der Waals surface area (Å²) < 4.78 is 10.1. The molecule has 19 heavy (non-hydrogen) atoms. The number of ketones is 1. The highest BCUT2D eigenvalue weighted by molar-refractivity contribution is 6.06. The van der Waals surface area contributed by atoms with E-state index in [9.17, 15) is 14.4 Å². The van der Waals surface area contributed by atoms with Crippen LogP contribution in [0.1, 0.15) is 33.6 Å². The van der Waals surface area contributed by atoms with Crippen molar-refractivity contribution in [3.63, 3.8) is 0 Å². The maximum atomic E-state index is 11.9. The van der Waals surface area contributed by atoms with E-state index in [2.05, 4.69) is 0 Å². The Bertz CT molecular complexity index is 372. The molecule has 1 heterocycles. The van der Waals surface area contributed by atoms with Crippen molar-refractivity contribution in [3.8, 4) is 0 Å². The molecule has 0 aliphatic carbocycles. The molecule has 1 aliphatic heterocycles. The molecule has 1 rings (SSSR count). The maximum Gasteiger partial charge on any atom is 0.417 e. The molecule has 0 N–H and O–H groups in total. The van der Waals surface area contributed by atoms with Crippen molar-refractivity contribution in [2.75, 3.05) is 20.3 Å². The van der Waals surface area contributed by atoms with Crippen LogP contribution in [0, 0.1) is 5.92 Å². The van der Waals surface area contributed by atoms with Crippen LogP contribution in [-0.4, -0.2) is 48.5 Å². The van der Waals surface area contributed by atoms with E-state index in [0.717, 1.165) is 4.90 Å². The van der Waals surface area contributed by atoms with E-state index >= 15 is 0 Å². The lowest BCUT2D eigenvalue weighted by atomic mass is 9.93. The molecule has 2 amide bonds. The summed E-state index contributed by atoms with van der Waals surface area (Å²) in [6.07, 6.45) is -0.428. The summed E-state index contributed by atoms with van der Waals surface area (Å²) in [6, 6.07) is 0. The van der Waals surface area contributed by atoms with Crippen molar-refractivity contribution in [1.29, 1.82) is 0 Å². The number of likely N-dealkylation sites (tertiary alicyclic amines) is 1. The molecule has 6 nitrogen and oxygen atoms in total. The van der Waals surface area contributed by atoms with Crippen LogP contribution in [0.3, 0.4) is 0 Å². The van der Waals surface area contributed by atoms with Gasteiger partial charge in [-0.2, -0.15) is 0 Å². The van der Waals surface area contributed by atoms with E-state index in [-0.39, 0.29) is 24.7 Å². The monoisotopic (exact) mass is 271 g/mol. The van der Waals surface area contributed by atoms with Crippen LogP contribution < -0.4 is 0 Å². The number of carbonyl (C=O) groups excluding carboxylic acids is 3. The Hall–Kier alpha value is -1.43. The molecule has 0 radical (unpaired) electrons. The normalized spacial score (nSPS) is 20.6. The van der Waals surface area contributed by atoms with E-state index < -0.39 is 17.6 Å². The SMILES string of the molecule is COCCC1CN(C(=O)OC(C)(C)C)C(=O)CC1=O. The molecule has 0 aromatic rings. The van der Waals surface area contributed by atoms with Crippen molar-refractivity contribution >= 4 is 17.8 Å². The van der Waals surface area contributed by atoms with Gasteiger partial charge in [0.2, 0.25) is 5.91 Å². The topological polar surface area (TPSA) is 72.9 Å². The molecule has 1 atom stereocenters. The number of carbonyl (C=O) groups is 3. The molecule has 108 valence electrons. The fourth-order valence-corrected chi connectivity index (χ4v) is 1.82. The van der Waals surface area contributed by atoms with E-state index in [1.165, 1.54) is 0 Å². The van der Waals surface area contributed by atoms with Crippen LogP contribution in [0.2, 0.25) is 0 Å². The third kappa shape index (κ3) is 4.63. The van der Waals surface area contributed by atoms with E-state index in [0.29, 0.717) is 13.0 Å². The Morgan fingerprint density at radius 3 is 2.53 bits per heavy atom. The summed E-state index contributed by atoms with van der Waals surface area (Å²) in [5.74, 6) is -0.986. The van der Waals surface area contributed by atoms with Crippen LogP contribution >= 0.6 is 0 Å². The van der Waals surface area contributed by atoms with Crippen LogP contribution in [0.5, 0.6) is 0 Å². The molecular weight excluding hydrogens is 250 g/mol. The first-order chi connectivity index (χ1) is 8.74. The molecule has 0 saturated carbocycles. The van der Waals surface area contributed by atoms with Crippen molar-refractivity contribution in [2.45, 2.75) is 39.2 Å². The third-order valence-corrected chi connectivity index (χ3v) is 2.77. The number of ether oxygens (including phenoxy) is 2. The lowest BCUT2D eigenvalue weighted by Gasteiger charge is -2.31. The van der Waals surface area contributed by atoms with Gasteiger partial charge in [0.25, 0.3) is 0 Å². The third-order valence-electron chi connectivity index (χ3n) is 2.77. The second kappa shape index (κ2) is 6.14. The van der Waals surface area contributed by atoms with Crippen molar-refractivity contribution < 1.29 is 23.9 Å². The van der Waals surface area contributed by atoms with E-state index in [4.69, 9.17) is 9.47 Å². The predicted octanol–water partition coefficient (Wildman–Crippen LogP) is 1.38. The number of rotatable bonds is 3. The minimum atomic E-state index is -0.688. The molecule has 0 bridgehead atoms. The van der Waals surface area contributed by atoms with Gasteiger partial charge < -0.3 is 9.47 Å². The summed E-state index contributed by atoms with van der Waals surface area (Å²) in [5.41, 5.74) is -0.666. The van der Waals surface area contributed by atoms with Gasteiger partial charge in [-0.15, -0.1) is 0 Å². The highest BCUT2D eigenvalue weighted by atomic mass is 16.6. The average molecular weight is 271 g/mol. The minimum Gasteiger partial charge on any atom is -0.443 e. The summed E-state index contributed by atoms with van der Waals surface area (Å²) in [4.78, 5) is 36.3. The van der Waals surface area contributed by atoms with Crippen LogP contribution in [-0.2, 0) is 19.1 Å². The Kier molecular flexibility index (Phi) is 5.05. The molecule has 1 unspecified atom stereocenters. The quantitative estimate of drug-likeness (QED) is 0.725. The van der Waals surface area contributed by atoms with Gasteiger partial charge in [0, 0.05) is 26.2 Å². The van der Waals surface area contributed by atoms with Crippen molar-refractivity contribution in [2.24, 2.45) is 5.92 Å². The Balaban J connectivity index is 2.69. The summed E-state index contributed by atoms with van der Waals surface area (Å²) in [7, 11) is 1.55. The van der Waals surface area contributed by atoms with Gasteiger partial charge >= 0.3 is 6.09 Å². The predicted molar refractivity (Wildman–Crippen MR) is 67.6 cm³/mol. The van der Waals surface area contributed by atoms with Crippen LogP contribution in [0.15, 0.2) is 0 Å². The summed E-state index contributed by atoms with van der Waals surface area (Å²) >= 11 is 0. The first kappa shape index (κ1) is 15.6. The minimum absolute atomic E-state index is 0.0793. The van der Waals surface area contributed by atoms with Gasteiger partial charge in [-0.25, -0.2) is 9.69 Å². The smallest absolute Gasteiger partial charge is 0.417 e. The van der Waals surface area contributed by atoms with Gasteiger partial charge in [-0.05, 0) is 27.2 Å². The number of piperidine rings is 1. The van der Waals surface area contributed by atoms with Gasteiger partial charge in [-0.3, -0.25) is 9.59 Å². The highest BCUT2D eigenvalue weighted by Crippen LogP contribution is 2.20. The largest absolute Gasteiger partial charge is 0.443 e. The number of nitrogens with zero attached hydrogens (tertiary/aromatic N) is 1. The van der Waals surface area contributed by atoms with Gasteiger partial charge in [0.15, 0.2) is 0 Å². The van der Waals surface area contributed by atoms with E-state index in [1.807, 2.05) is 0 Å². The number of amides is 2. The second-order valence-electron chi connectivity index (χ2n) is 5.61. The highest BCUT2D eigenvalue weighted by Gasteiger charge is 2.37. The van der Waals surface area contributed by atoms with Gasteiger partial charge in [0.05, 0.1) is 6.42 Å². The molecular formula is C13H21NO5. The molecule has 6 heteroatoms. The standard InChI is InChI=1S/C13H21NO5/c1-13(2,3)19-12(17)14-8-9(5-6-18-4)10(15)7-11(14)16/h9H,5-8H2,1-4H3. The average Bonchev–Trinajstić information content (AvgIpc) is 2.25. The zero-order valence-electron chi connectivity index (χ0n) is 11.9. The fraction of sp³-hybridized carbons (Fsp3) is 0.769. The number of imide groups is 1. The first-order valence-electron chi connectivity index (χ1n) is 6.29. The number of Topliss-reactive ketones (excluding diaryl/α,β-unsaturated/α-hetero) is 1.